The third-order valence-electron chi connectivity index (χ3n) is 3.41. The van der Waals surface area contributed by atoms with Gasteiger partial charge in [-0.15, -0.1) is 0 Å². The quantitative estimate of drug-likeness (QED) is 0.557. The Kier molecular flexibility index (Phi) is 1.38. The lowest BCUT2D eigenvalue weighted by Crippen LogP contribution is -2.27. The average Bonchev–Trinajstić information content (AvgIpc) is 2.60. The van der Waals surface area contributed by atoms with E-state index < -0.39 is 0 Å². The molecule has 3 atom stereocenters. The van der Waals surface area contributed by atoms with Crippen LogP contribution < -0.4 is 0 Å². The largest absolute Gasteiger partial charge is 0.303 e. The second kappa shape index (κ2) is 2.16. The highest BCUT2D eigenvalue weighted by molar-refractivity contribution is 5.71. The van der Waals surface area contributed by atoms with E-state index in [9.17, 15) is 9.59 Å². The maximum Gasteiger partial charge on any atom is 0.126 e. The van der Waals surface area contributed by atoms with Gasteiger partial charge in [0.15, 0.2) is 0 Å². The molecule has 0 aromatic carbocycles. The van der Waals surface area contributed by atoms with Gasteiger partial charge in [-0.2, -0.15) is 0 Å². The highest BCUT2D eigenvalue weighted by Gasteiger charge is 2.51. The van der Waals surface area contributed by atoms with Crippen molar-refractivity contribution in [1.29, 1.82) is 0 Å². The van der Waals surface area contributed by atoms with Crippen LogP contribution in [0.5, 0.6) is 0 Å². The summed E-state index contributed by atoms with van der Waals surface area (Å²) in [6, 6.07) is 0. The van der Waals surface area contributed by atoms with Gasteiger partial charge in [0.2, 0.25) is 0 Å². The van der Waals surface area contributed by atoms with Gasteiger partial charge in [-0.3, -0.25) is 0 Å². The summed E-state index contributed by atoms with van der Waals surface area (Å²) in [6.45, 7) is 0. The fourth-order valence-electron chi connectivity index (χ4n) is 2.73. The van der Waals surface area contributed by atoms with Crippen molar-refractivity contribution in [3.8, 4) is 0 Å². The van der Waals surface area contributed by atoms with Crippen molar-refractivity contribution in [3.63, 3.8) is 0 Å². The lowest BCUT2D eigenvalue weighted by molar-refractivity contribution is -0.124. The topological polar surface area (TPSA) is 34.1 Å². The Balaban J connectivity index is 2.27. The molecule has 0 aromatic rings. The number of hydrogen-bond donors (Lipinski definition) is 0. The Bertz CT molecular complexity index is 200. The molecule has 11 heavy (non-hydrogen) atoms. The zero-order valence-corrected chi connectivity index (χ0v) is 6.45. The highest BCUT2D eigenvalue weighted by Crippen LogP contribution is 2.55. The first-order chi connectivity index (χ1) is 5.30. The summed E-state index contributed by atoms with van der Waals surface area (Å²) in [5.41, 5.74) is -0.230. The van der Waals surface area contributed by atoms with Crippen LogP contribution in [-0.4, -0.2) is 12.6 Å². The fourth-order valence-corrected chi connectivity index (χ4v) is 2.73. The number of rotatable bonds is 2. The van der Waals surface area contributed by atoms with E-state index in [1.807, 2.05) is 0 Å². The lowest BCUT2D eigenvalue weighted by atomic mass is 9.77. The van der Waals surface area contributed by atoms with E-state index in [4.69, 9.17) is 0 Å². The second-order valence-corrected chi connectivity index (χ2v) is 3.94. The van der Waals surface area contributed by atoms with Crippen molar-refractivity contribution in [2.75, 3.05) is 0 Å². The van der Waals surface area contributed by atoms with Crippen molar-refractivity contribution in [2.24, 2.45) is 17.3 Å². The molecule has 2 saturated carbocycles. The molecular weight excluding hydrogens is 140 g/mol. The molecule has 0 amide bonds. The first-order valence-electron chi connectivity index (χ1n) is 4.22. The molecule has 2 aliphatic rings. The molecule has 2 heteroatoms. The molecule has 2 nitrogen and oxygen atoms in total. The van der Waals surface area contributed by atoms with E-state index in [-0.39, 0.29) is 11.3 Å². The molecule has 0 radical (unpaired) electrons. The normalized spacial score (nSPS) is 47.6. The van der Waals surface area contributed by atoms with Gasteiger partial charge in [-0.05, 0) is 31.6 Å². The average molecular weight is 152 g/mol. The van der Waals surface area contributed by atoms with Crippen molar-refractivity contribution >= 4 is 12.6 Å². The Hall–Kier alpha value is -0.660. The van der Waals surface area contributed by atoms with E-state index in [0.717, 1.165) is 38.3 Å². The summed E-state index contributed by atoms with van der Waals surface area (Å²) in [7, 11) is 0. The minimum Gasteiger partial charge on any atom is -0.303 e. The zero-order chi connectivity index (χ0) is 7.90. The second-order valence-electron chi connectivity index (χ2n) is 3.94. The number of carbonyl (C=O) groups is 2. The van der Waals surface area contributed by atoms with Gasteiger partial charge in [0, 0.05) is 11.3 Å². The van der Waals surface area contributed by atoms with Gasteiger partial charge in [-0.1, -0.05) is 0 Å². The number of fused-ring (bicyclic) bond motifs is 2. The van der Waals surface area contributed by atoms with E-state index in [1.165, 1.54) is 0 Å². The van der Waals surface area contributed by atoms with Crippen molar-refractivity contribution < 1.29 is 9.59 Å². The summed E-state index contributed by atoms with van der Waals surface area (Å²) in [6.07, 6.45) is 6.04. The molecular formula is C9H12O2. The smallest absolute Gasteiger partial charge is 0.126 e. The summed E-state index contributed by atoms with van der Waals surface area (Å²) in [5.74, 6) is 0.703. The van der Waals surface area contributed by atoms with Gasteiger partial charge in [-0.25, -0.2) is 0 Å². The predicted octanol–water partition coefficient (Wildman–Crippen LogP) is 1.19. The fraction of sp³-hybridized carbons (Fsp3) is 0.778. The van der Waals surface area contributed by atoms with Crippen molar-refractivity contribution in [2.45, 2.75) is 25.7 Å². The molecule has 2 aliphatic carbocycles. The maximum atomic E-state index is 10.8. The van der Waals surface area contributed by atoms with Gasteiger partial charge < -0.3 is 9.59 Å². The Morgan fingerprint density at radius 1 is 1.36 bits per heavy atom. The van der Waals surface area contributed by atoms with Gasteiger partial charge >= 0.3 is 0 Å². The van der Waals surface area contributed by atoms with Crippen LogP contribution in [0.25, 0.3) is 0 Å². The van der Waals surface area contributed by atoms with Crippen LogP contribution in [-0.2, 0) is 9.59 Å². The third kappa shape index (κ3) is 0.784. The molecule has 0 heterocycles. The molecule has 0 aliphatic heterocycles. The van der Waals surface area contributed by atoms with Gasteiger partial charge in [0.05, 0.1) is 0 Å². The van der Waals surface area contributed by atoms with Crippen LogP contribution >= 0.6 is 0 Å². The van der Waals surface area contributed by atoms with Crippen LogP contribution in [0.2, 0.25) is 0 Å². The molecule has 60 valence electrons. The third-order valence-corrected chi connectivity index (χ3v) is 3.41. The van der Waals surface area contributed by atoms with Crippen LogP contribution in [0, 0.1) is 17.3 Å². The van der Waals surface area contributed by atoms with Crippen molar-refractivity contribution in [3.05, 3.63) is 0 Å². The monoisotopic (exact) mass is 152 g/mol. The Morgan fingerprint density at radius 2 is 2.18 bits per heavy atom. The molecule has 0 N–H and O–H groups in total. The Morgan fingerprint density at radius 3 is 2.64 bits per heavy atom. The standard InChI is InChI=1S/C9H12O2/c10-5-8-3-7-1-2-9(8,4-7)6-11/h5-8H,1-4H2. The lowest BCUT2D eigenvalue weighted by Gasteiger charge is -2.24. The minimum absolute atomic E-state index is 0.0405. The number of hydrogen-bond acceptors (Lipinski definition) is 2. The van der Waals surface area contributed by atoms with Gasteiger partial charge in [0.1, 0.15) is 12.6 Å². The first kappa shape index (κ1) is 7.01. The van der Waals surface area contributed by atoms with Crippen LogP contribution in [0.3, 0.4) is 0 Å². The molecule has 2 rings (SSSR count). The number of aldehydes is 2. The summed E-state index contributed by atoms with van der Waals surface area (Å²) in [4.78, 5) is 21.4. The molecule has 0 saturated heterocycles. The zero-order valence-electron chi connectivity index (χ0n) is 6.45. The van der Waals surface area contributed by atoms with E-state index in [0.29, 0.717) is 5.92 Å². The highest BCUT2D eigenvalue weighted by atomic mass is 16.1. The predicted molar refractivity (Wildman–Crippen MR) is 40.0 cm³/mol. The molecule has 0 aromatic heterocycles. The molecule has 0 spiro atoms. The minimum atomic E-state index is -0.230. The SMILES string of the molecule is O=CC1CC2CCC1(C=O)C2. The summed E-state index contributed by atoms with van der Waals surface area (Å²) < 4.78 is 0. The van der Waals surface area contributed by atoms with Crippen LogP contribution in [0.15, 0.2) is 0 Å². The summed E-state index contributed by atoms with van der Waals surface area (Å²) in [5, 5.41) is 0. The van der Waals surface area contributed by atoms with E-state index in [1.54, 1.807) is 0 Å². The Labute approximate surface area is 66.0 Å². The van der Waals surface area contributed by atoms with Crippen LogP contribution in [0.4, 0.5) is 0 Å². The number of carbonyl (C=O) groups excluding carboxylic acids is 2. The first-order valence-corrected chi connectivity index (χ1v) is 4.22. The van der Waals surface area contributed by atoms with E-state index in [2.05, 4.69) is 0 Å². The molecule has 2 fully saturated rings. The molecule has 3 unspecified atom stereocenters. The summed E-state index contributed by atoms with van der Waals surface area (Å²) >= 11 is 0. The molecule has 2 bridgehead atoms. The van der Waals surface area contributed by atoms with Gasteiger partial charge in [0.25, 0.3) is 0 Å². The van der Waals surface area contributed by atoms with Crippen molar-refractivity contribution in [1.82, 2.24) is 0 Å². The maximum absolute atomic E-state index is 10.8. The van der Waals surface area contributed by atoms with E-state index >= 15 is 0 Å². The van der Waals surface area contributed by atoms with Crippen LogP contribution in [0.1, 0.15) is 25.7 Å².